The monoisotopic (exact) mass is 272 g/mol. The van der Waals surface area contributed by atoms with Gasteiger partial charge in [0.05, 0.1) is 12.8 Å². The molecule has 20 heavy (non-hydrogen) atoms. The molecule has 1 heterocycles. The Kier molecular flexibility index (Phi) is 5.53. The van der Waals surface area contributed by atoms with E-state index in [9.17, 15) is 0 Å². The zero-order valence-electron chi connectivity index (χ0n) is 11.7. The van der Waals surface area contributed by atoms with Gasteiger partial charge >= 0.3 is 0 Å². The second-order valence-corrected chi connectivity index (χ2v) is 4.76. The topological polar surface area (TPSA) is 57.4 Å². The normalized spacial score (nSPS) is 12.1. The van der Waals surface area contributed by atoms with E-state index < -0.39 is 0 Å². The van der Waals surface area contributed by atoms with E-state index in [2.05, 4.69) is 4.98 Å². The summed E-state index contributed by atoms with van der Waals surface area (Å²) in [6.07, 6.45) is 2.47. The van der Waals surface area contributed by atoms with Crippen molar-refractivity contribution in [2.75, 3.05) is 6.79 Å². The number of benzene rings is 1. The molecular weight excluding hydrogens is 252 g/mol. The van der Waals surface area contributed by atoms with Crippen LogP contribution in [0.25, 0.3) is 0 Å². The van der Waals surface area contributed by atoms with Gasteiger partial charge in [-0.3, -0.25) is 4.98 Å². The Labute approximate surface area is 119 Å². The first-order chi connectivity index (χ1) is 9.74. The maximum atomic E-state index is 5.72. The number of pyridine rings is 1. The molecule has 0 aliphatic rings. The molecule has 2 rings (SSSR count). The van der Waals surface area contributed by atoms with Crippen molar-refractivity contribution < 1.29 is 9.47 Å². The van der Waals surface area contributed by atoms with Crippen molar-refractivity contribution in [1.82, 2.24) is 4.98 Å². The fraction of sp³-hybridized carbons (Fsp3) is 0.312. The van der Waals surface area contributed by atoms with Gasteiger partial charge in [0.2, 0.25) is 0 Å². The molecule has 0 aliphatic carbocycles. The van der Waals surface area contributed by atoms with Crippen molar-refractivity contribution in [1.29, 1.82) is 0 Å². The van der Waals surface area contributed by atoms with E-state index in [0.717, 1.165) is 17.7 Å². The van der Waals surface area contributed by atoms with Gasteiger partial charge in [0.15, 0.2) is 6.79 Å². The number of ether oxygens (including phenoxy) is 2. The van der Waals surface area contributed by atoms with Crippen LogP contribution in [0.1, 0.15) is 18.2 Å². The van der Waals surface area contributed by atoms with Gasteiger partial charge < -0.3 is 15.2 Å². The molecule has 4 nitrogen and oxygen atoms in total. The van der Waals surface area contributed by atoms with Crippen LogP contribution in [-0.2, 0) is 17.8 Å². The number of hydrogen-bond acceptors (Lipinski definition) is 4. The maximum absolute atomic E-state index is 5.72. The highest BCUT2D eigenvalue weighted by Crippen LogP contribution is 2.10. The molecule has 0 bridgehead atoms. The molecule has 1 aromatic carbocycles. The van der Waals surface area contributed by atoms with E-state index in [0.29, 0.717) is 12.4 Å². The molecule has 0 spiro atoms. The number of aromatic nitrogens is 1. The summed E-state index contributed by atoms with van der Waals surface area (Å²) >= 11 is 0. The zero-order chi connectivity index (χ0) is 14.2. The van der Waals surface area contributed by atoms with Crippen molar-refractivity contribution >= 4 is 0 Å². The van der Waals surface area contributed by atoms with Gasteiger partial charge in [-0.1, -0.05) is 30.3 Å². The number of nitrogens with two attached hydrogens (primary N) is 1. The van der Waals surface area contributed by atoms with Crippen molar-refractivity contribution in [3.8, 4) is 5.75 Å². The van der Waals surface area contributed by atoms with Gasteiger partial charge in [0.25, 0.3) is 0 Å². The molecule has 0 saturated heterocycles. The summed E-state index contributed by atoms with van der Waals surface area (Å²) in [5.41, 5.74) is 7.82. The smallest absolute Gasteiger partial charge is 0.189 e. The highest BCUT2D eigenvalue weighted by Gasteiger charge is 2.00. The van der Waals surface area contributed by atoms with Crippen LogP contribution in [0.2, 0.25) is 0 Å². The van der Waals surface area contributed by atoms with Gasteiger partial charge in [0.1, 0.15) is 5.75 Å². The Hall–Kier alpha value is -1.91. The minimum absolute atomic E-state index is 0.114. The molecule has 2 aromatic rings. The van der Waals surface area contributed by atoms with Crippen LogP contribution >= 0.6 is 0 Å². The second kappa shape index (κ2) is 7.62. The van der Waals surface area contributed by atoms with Gasteiger partial charge in [0, 0.05) is 18.2 Å². The van der Waals surface area contributed by atoms with E-state index in [1.165, 1.54) is 0 Å². The predicted octanol–water partition coefficient (Wildman–Crippen LogP) is 2.52. The molecular formula is C16H20N2O2. The quantitative estimate of drug-likeness (QED) is 0.621. The lowest BCUT2D eigenvalue weighted by molar-refractivity contribution is 0.00483. The summed E-state index contributed by atoms with van der Waals surface area (Å²) in [4.78, 5) is 4.30. The summed E-state index contributed by atoms with van der Waals surface area (Å²) in [7, 11) is 0. The van der Waals surface area contributed by atoms with E-state index in [-0.39, 0.29) is 12.8 Å². The number of rotatable bonds is 7. The van der Waals surface area contributed by atoms with Crippen LogP contribution in [0.4, 0.5) is 0 Å². The van der Waals surface area contributed by atoms with E-state index in [1.54, 1.807) is 6.20 Å². The third-order valence-electron chi connectivity index (χ3n) is 2.75. The molecule has 0 radical (unpaired) electrons. The highest BCUT2D eigenvalue weighted by atomic mass is 16.7. The van der Waals surface area contributed by atoms with Crippen LogP contribution in [0.5, 0.6) is 5.75 Å². The Bertz CT molecular complexity index is 498. The predicted molar refractivity (Wildman–Crippen MR) is 78.3 cm³/mol. The summed E-state index contributed by atoms with van der Waals surface area (Å²) in [5.74, 6) is 0.700. The average Bonchev–Trinajstić information content (AvgIpc) is 2.46. The Balaban J connectivity index is 1.71. The number of hydrogen-bond donors (Lipinski definition) is 1. The lowest BCUT2D eigenvalue weighted by Gasteiger charge is -2.08. The van der Waals surface area contributed by atoms with E-state index in [4.69, 9.17) is 15.2 Å². The molecule has 0 aliphatic heterocycles. The summed E-state index contributed by atoms with van der Waals surface area (Å²) in [6.45, 7) is 2.71. The molecule has 1 unspecified atom stereocenters. The number of nitrogens with zero attached hydrogens (tertiary/aromatic N) is 1. The van der Waals surface area contributed by atoms with Crippen molar-refractivity contribution in [2.45, 2.75) is 26.0 Å². The van der Waals surface area contributed by atoms with E-state index >= 15 is 0 Å². The van der Waals surface area contributed by atoms with Crippen LogP contribution in [-0.4, -0.2) is 17.8 Å². The van der Waals surface area contributed by atoms with Crippen LogP contribution in [0.3, 0.4) is 0 Å². The van der Waals surface area contributed by atoms with Crippen LogP contribution < -0.4 is 10.5 Å². The minimum atomic E-state index is 0.114. The first-order valence-electron chi connectivity index (χ1n) is 6.69. The zero-order valence-corrected chi connectivity index (χ0v) is 11.7. The SMILES string of the molecule is CC(N)Cc1ccc(OCOCc2ccccc2)cn1. The van der Waals surface area contributed by atoms with Crippen molar-refractivity contribution in [3.63, 3.8) is 0 Å². The van der Waals surface area contributed by atoms with Gasteiger partial charge in [-0.25, -0.2) is 0 Å². The molecule has 1 atom stereocenters. The molecule has 0 fully saturated rings. The molecule has 1 aromatic heterocycles. The lowest BCUT2D eigenvalue weighted by Crippen LogP contribution is -2.18. The summed E-state index contributed by atoms with van der Waals surface area (Å²) in [5, 5.41) is 0. The Morgan fingerprint density at radius 1 is 1.15 bits per heavy atom. The molecule has 2 N–H and O–H groups in total. The van der Waals surface area contributed by atoms with Crippen molar-refractivity contribution in [3.05, 3.63) is 59.9 Å². The van der Waals surface area contributed by atoms with Crippen LogP contribution in [0, 0.1) is 0 Å². The largest absolute Gasteiger partial charge is 0.466 e. The standard InChI is InChI=1S/C16H20N2O2/c1-13(17)9-15-7-8-16(10-18-15)20-12-19-11-14-5-3-2-4-6-14/h2-8,10,13H,9,11-12,17H2,1H3. The van der Waals surface area contributed by atoms with Gasteiger partial charge in [-0.05, 0) is 24.6 Å². The first-order valence-corrected chi connectivity index (χ1v) is 6.69. The fourth-order valence-electron chi connectivity index (χ4n) is 1.79. The molecule has 0 saturated carbocycles. The lowest BCUT2D eigenvalue weighted by atomic mass is 10.2. The average molecular weight is 272 g/mol. The third-order valence-corrected chi connectivity index (χ3v) is 2.75. The summed E-state index contributed by atoms with van der Waals surface area (Å²) < 4.78 is 10.9. The van der Waals surface area contributed by atoms with Crippen molar-refractivity contribution in [2.24, 2.45) is 5.73 Å². The maximum Gasteiger partial charge on any atom is 0.189 e. The van der Waals surface area contributed by atoms with E-state index in [1.807, 2.05) is 49.4 Å². The molecule has 106 valence electrons. The first kappa shape index (κ1) is 14.5. The third kappa shape index (κ3) is 4.99. The highest BCUT2D eigenvalue weighted by molar-refractivity contribution is 5.20. The Morgan fingerprint density at radius 2 is 1.95 bits per heavy atom. The molecule has 0 amide bonds. The van der Waals surface area contributed by atoms with Gasteiger partial charge in [-0.15, -0.1) is 0 Å². The van der Waals surface area contributed by atoms with Gasteiger partial charge in [-0.2, -0.15) is 0 Å². The fourth-order valence-corrected chi connectivity index (χ4v) is 1.79. The minimum Gasteiger partial charge on any atom is -0.466 e. The Morgan fingerprint density at radius 3 is 2.60 bits per heavy atom. The second-order valence-electron chi connectivity index (χ2n) is 4.76. The summed E-state index contributed by atoms with van der Waals surface area (Å²) in [6, 6.07) is 13.9. The van der Waals surface area contributed by atoms with Crippen LogP contribution in [0.15, 0.2) is 48.7 Å². The molecule has 4 heteroatoms.